The highest BCUT2D eigenvalue weighted by atomic mass is 16.5. The van der Waals surface area contributed by atoms with E-state index in [9.17, 15) is 4.79 Å². The maximum atomic E-state index is 12.9. The normalized spacial score (nSPS) is 18.4. The van der Waals surface area contributed by atoms with Gasteiger partial charge < -0.3 is 9.64 Å². The van der Waals surface area contributed by atoms with Crippen molar-refractivity contribution in [1.29, 1.82) is 0 Å². The Labute approximate surface area is 149 Å². The van der Waals surface area contributed by atoms with E-state index < -0.39 is 0 Å². The summed E-state index contributed by atoms with van der Waals surface area (Å²) in [6.45, 7) is 5.10. The van der Waals surface area contributed by atoms with Gasteiger partial charge in [-0.1, -0.05) is 25.1 Å². The van der Waals surface area contributed by atoms with Crippen LogP contribution in [0.1, 0.15) is 35.4 Å². The van der Waals surface area contributed by atoms with Crippen LogP contribution in [-0.2, 0) is 6.54 Å². The highest BCUT2D eigenvalue weighted by Gasteiger charge is 2.31. The third-order valence-corrected chi connectivity index (χ3v) is 4.75. The molecule has 1 aromatic heterocycles. The first kappa shape index (κ1) is 17.5. The predicted molar refractivity (Wildman–Crippen MR) is 96.8 cm³/mol. The van der Waals surface area contributed by atoms with Gasteiger partial charge in [-0.15, -0.1) is 0 Å². The number of amides is 1. The van der Waals surface area contributed by atoms with Crippen molar-refractivity contribution in [3.63, 3.8) is 0 Å². The zero-order valence-corrected chi connectivity index (χ0v) is 15.2. The molecule has 1 aliphatic heterocycles. The van der Waals surface area contributed by atoms with Gasteiger partial charge in [0.2, 0.25) is 0 Å². The van der Waals surface area contributed by atoms with Crippen LogP contribution >= 0.6 is 0 Å². The minimum absolute atomic E-state index is 0.00264. The van der Waals surface area contributed by atoms with Crippen LogP contribution < -0.4 is 4.74 Å². The van der Waals surface area contributed by atoms with Gasteiger partial charge in [-0.05, 0) is 25.6 Å². The number of carbonyl (C=O) groups is 1. The topological polar surface area (TPSA) is 50.6 Å². The number of hydrogen-bond donors (Lipinski definition) is 0. The molecule has 0 N–H and O–H groups in total. The van der Waals surface area contributed by atoms with Crippen molar-refractivity contribution in [2.75, 3.05) is 33.8 Å². The Morgan fingerprint density at radius 1 is 1.28 bits per heavy atom. The molecule has 1 aliphatic rings. The number of hydrogen-bond acceptors (Lipinski definition) is 4. The summed E-state index contributed by atoms with van der Waals surface area (Å²) >= 11 is 0. The molecule has 0 bridgehead atoms. The summed E-state index contributed by atoms with van der Waals surface area (Å²) in [6, 6.07) is 9.95. The van der Waals surface area contributed by atoms with E-state index >= 15 is 0 Å². The molecule has 6 nitrogen and oxygen atoms in total. The number of aromatic nitrogens is 2. The molecule has 0 aliphatic carbocycles. The summed E-state index contributed by atoms with van der Waals surface area (Å²) in [5.41, 5.74) is 1.64. The van der Waals surface area contributed by atoms with Gasteiger partial charge in [-0.2, -0.15) is 5.10 Å². The van der Waals surface area contributed by atoms with E-state index in [1.807, 2.05) is 40.0 Å². The average Bonchev–Trinajstić information content (AvgIpc) is 3.10. The van der Waals surface area contributed by atoms with E-state index in [1.165, 1.54) is 0 Å². The third kappa shape index (κ3) is 3.69. The minimum atomic E-state index is 0.00264. The minimum Gasteiger partial charge on any atom is -0.496 e. The van der Waals surface area contributed by atoms with Crippen molar-refractivity contribution < 1.29 is 9.53 Å². The van der Waals surface area contributed by atoms with Crippen LogP contribution in [0.4, 0.5) is 0 Å². The number of ether oxygens (including phenoxy) is 1. The fraction of sp³-hybridized carbons (Fsp3) is 0.474. The molecule has 1 fully saturated rings. The molecule has 2 heterocycles. The van der Waals surface area contributed by atoms with E-state index in [2.05, 4.69) is 30.0 Å². The monoisotopic (exact) mass is 342 g/mol. The Morgan fingerprint density at radius 3 is 2.84 bits per heavy atom. The van der Waals surface area contributed by atoms with Crippen molar-refractivity contribution in [2.45, 2.75) is 25.9 Å². The number of piperazine rings is 1. The van der Waals surface area contributed by atoms with E-state index in [0.29, 0.717) is 18.8 Å². The van der Waals surface area contributed by atoms with Crippen molar-refractivity contribution in [3.8, 4) is 5.75 Å². The molecule has 0 radical (unpaired) electrons. The molecule has 6 heteroatoms. The number of methoxy groups -OCH3 is 1. The fourth-order valence-electron chi connectivity index (χ4n) is 3.33. The molecule has 0 saturated carbocycles. The standard InChI is InChI=1S/C19H26N4O2/c1-4-10-23-11-9-16(20-23)19(24)22-13-12-21(2)17(14-22)15-7-5-6-8-18(15)25-3/h5-9,11,17H,4,10,12-14H2,1-3H3. The Balaban J connectivity index is 1.78. The maximum absolute atomic E-state index is 12.9. The van der Waals surface area contributed by atoms with Gasteiger partial charge in [-0.25, -0.2) is 0 Å². The van der Waals surface area contributed by atoms with E-state index in [4.69, 9.17) is 4.74 Å². The van der Waals surface area contributed by atoms with Crippen LogP contribution in [0.2, 0.25) is 0 Å². The first-order valence-electron chi connectivity index (χ1n) is 8.80. The molecule has 1 atom stereocenters. The molecule has 1 amide bonds. The van der Waals surface area contributed by atoms with Crippen molar-refractivity contribution in [1.82, 2.24) is 19.6 Å². The zero-order chi connectivity index (χ0) is 17.8. The van der Waals surface area contributed by atoms with Crippen LogP contribution in [0.3, 0.4) is 0 Å². The lowest BCUT2D eigenvalue weighted by molar-refractivity contribution is 0.0536. The Morgan fingerprint density at radius 2 is 2.08 bits per heavy atom. The third-order valence-electron chi connectivity index (χ3n) is 4.75. The Hall–Kier alpha value is -2.34. The molecule has 2 aromatic rings. The molecule has 1 unspecified atom stereocenters. The van der Waals surface area contributed by atoms with Crippen molar-refractivity contribution in [2.24, 2.45) is 0 Å². The smallest absolute Gasteiger partial charge is 0.274 e. The maximum Gasteiger partial charge on any atom is 0.274 e. The molecular weight excluding hydrogens is 316 g/mol. The molecule has 0 spiro atoms. The van der Waals surface area contributed by atoms with E-state index in [-0.39, 0.29) is 11.9 Å². The lowest BCUT2D eigenvalue weighted by atomic mass is 10.0. The van der Waals surface area contributed by atoms with Gasteiger partial charge in [0, 0.05) is 37.9 Å². The SMILES string of the molecule is CCCn1ccc(C(=O)N2CCN(C)C(c3ccccc3OC)C2)n1. The number of carbonyl (C=O) groups excluding carboxylic acids is 1. The van der Waals surface area contributed by atoms with Crippen molar-refractivity contribution in [3.05, 3.63) is 47.8 Å². The van der Waals surface area contributed by atoms with Gasteiger partial charge >= 0.3 is 0 Å². The summed E-state index contributed by atoms with van der Waals surface area (Å²) < 4.78 is 7.35. The van der Waals surface area contributed by atoms with Gasteiger partial charge in [0.15, 0.2) is 0 Å². The van der Waals surface area contributed by atoms with Crippen LogP contribution in [0, 0.1) is 0 Å². The second-order valence-electron chi connectivity index (χ2n) is 6.45. The van der Waals surface area contributed by atoms with Crippen molar-refractivity contribution >= 4 is 5.91 Å². The van der Waals surface area contributed by atoms with E-state index in [1.54, 1.807) is 7.11 Å². The second-order valence-corrected chi connectivity index (χ2v) is 6.45. The lowest BCUT2D eigenvalue weighted by Crippen LogP contribution is -2.49. The second kappa shape index (κ2) is 7.70. The Bertz CT molecular complexity index is 728. The highest BCUT2D eigenvalue weighted by Crippen LogP contribution is 2.31. The van der Waals surface area contributed by atoms with Crippen LogP contribution in [0.15, 0.2) is 36.5 Å². The predicted octanol–water partition coefficient (Wildman–Crippen LogP) is 2.43. The Kier molecular flexibility index (Phi) is 5.38. The quantitative estimate of drug-likeness (QED) is 0.837. The number of likely N-dealkylation sites (N-methyl/N-ethyl adjacent to an activating group) is 1. The first-order valence-corrected chi connectivity index (χ1v) is 8.80. The summed E-state index contributed by atoms with van der Waals surface area (Å²) in [7, 11) is 3.78. The number of para-hydroxylation sites is 1. The van der Waals surface area contributed by atoms with Gasteiger partial charge in [0.1, 0.15) is 11.4 Å². The lowest BCUT2D eigenvalue weighted by Gasteiger charge is -2.39. The fourth-order valence-corrected chi connectivity index (χ4v) is 3.33. The molecule has 134 valence electrons. The molecule has 3 rings (SSSR count). The summed E-state index contributed by atoms with van der Waals surface area (Å²) in [5.74, 6) is 0.865. The molecule has 1 aromatic carbocycles. The first-order chi connectivity index (χ1) is 12.1. The summed E-state index contributed by atoms with van der Waals surface area (Å²) in [4.78, 5) is 17.0. The number of aryl methyl sites for hydroxylation is 1. The van der Waals surface area contributed by atoms with Gasteiger partial charge in [0.25, 0.3) is 5.91 Å². The largest absolute Gasteiger partial charge is 0.496 e. The average molecular weight is 342 g/mol. The van der Waals surface area contributed by atoms with Gasteiger partial charge in [-0.3, -0.25) is 14.4 Å². The molecule has 25 heavy (non-hydrogen) atoms. The van der Waals surface area contributed by atoms with Crippen LogP contribution in [0.25, 0.3) is 0 Å². The van der Waals surface area contributed by atoms with E-state index in [0.717, 1.165) is 30.8 Å². The molecule has 1 saturated heterocycles. The highest BCUT2D eigenvalue weighted by molar-refractivity contribution is 5.92. The zero-order valence-electron chi connectivity index (χ0n) is 15.2. The number of nitrogens with zero attached hydrogens (tertiary/aromatic N) is 4. The van der Waals surface area contributed by atoms with Crippen LogP contribution in [0.5, 0.6) is 5.75 Å². The van der Waals surface area contributed by atoms with Gasteiger partial charge in [0.05, 0.1) is 13.2 Å². The summed E-state index contributed by atoms with van der Waals surface area (Å²) in [6.07, 6.45) is 2.88. The number of rotatable bonds is 5. The van der Waals surface area contributed by atoms with Crippen LogP contribution in [-0.4, -0.2) is 59.3 Å². The molecular formula is C19H26N4O2. The summed E-state index contributed by atoms with van der Waals surface area (Å²) in [5, 5.41) is 4.41. The number of benzene rings is 1.